The SMILES string of the molecule is CCCC(Nc1nc(Cl)ccc1N)c1cccs1. The Bertz CT molecular complexity index is 499. The first-order valence-electron chi connectivity index (χ1n) is 5.92. The van der Waals surface area contributed by atoms with E-state index in [1.807, 2.05) is 0 Å². The molecule has 96 valence electrons. The number of hydrogen-bond donors (Lipinski definition) is 2. The summed E-state index contributed by atoms with van der Waals surface area (Å²) >= 11 is 7.63. The van der Waals surface area contributed by atoms with Gasteiger partial charge in [0.1, 0.15) is 5.15 Å². The largest absolute Gasteiger partial charge is 0.396 e. The summed E-state index contributed by atoms with van der Waals surface area (Å²) < 4.78 is 0. The highest BCUT2D eigenvalue weighted by molar-refractivity contribution is 7.10. The highest BCUT2D eigenvalue weighted by atomic mass is 35.5. The van der Waals surface area contributed by atoms with Gasteiger partial charge in [-0.3, -0.25) is 0 Å². The predicted molar refractivity (Wildman–Crippen MR) is 79.3 cm³/mol. The van der Waals surface area contributed by atoms with Gasteiger partial charge in [-0.25, -0.2) is 4.98 Å². The Morgan fingerprint density at radius 1 is 1.44 bits per heavy atom. The molecule has 2 aromatic rings. The standard InChI is InChI=1S/C13H16ClN3S/c1-2-4-10(11-5-3-8-18-11)16-13-9(15)6-7-12(14)17-13/h3,5-8,10H,2,4,15H2,1H3,(H,16,17). The molecule has 2 rings (SSSR count). The zero-order valence-corrected chi connectivity index (χ0v) is 11.8. The number of anilines is 2. The van der Waals surface area contributed by atoms with Crippen molar-refractivity contribution in [1.82, 2.24) is 4.98 Å². The lowest BCUT2D eigenvalue weighted by Gasteiger charge is -2.18. The van der Waals surface area contributed by atoms with Gasteiger partial charge in [0, 0.05) is 4.88 Å². The minimum absolute atomic E-state index is 0.239. The van der Waals surface area contributed by atoms with Crippen LogP contribution in [0.2, 0.25) is 5.15 Å². The van der Waals surface area contributed by atoms with Gasteiger partial charge in [-0.2, -0.15) is 0 Å². The molecular formula is C13H16ClN3S. The van der Waals surface area contributed by atoms with Crippen LogP contribution >= 0.6 is 22.9 Å². The van der Waals surface area contributed by atoms with Crippen molar-refractivity contribution >= 4 is 34.4 Å². The van der Waals surface area contributed by atoms with Crippen LogP contribution in [0.5, 0.6) is 0 Å². The van der Waals surface area contributed by atoms with Gasteiger partial charge >= 0.3 is 0 Å². The van der Waals surface area contributed by atoms with Crippen molar-refractivity contribution in [3.05, 3.63) is 39.7 Å². The second-order valence-electron chi connectivity index (χ2n) is 4.07. The molecule has 0 aliphatic heterocycles. The number of nitrogens with zero attached hydrogens (tertiary/aromatic N) is 1. The molecule has 0 bridgehead atoms. The first kappa shape index (κ1) is 13.2. The Morgan fingerprint density at radius 3 is 2.94 bits per heavy atom. The number of pyridine rings is 1. The molecule has 0 spiro atoms. The van der Waals surface area contributed by atoms with Crippen molar-refractivity contribution in [2.75, 3.05) is 11.1 Å². The zero-order valence-electron chi connectivity index (χ0n) is 10.2. The fraction of sp³-hybridized carbons (Fsp3) is 0.308. The fourth-order valence-electron chi connectivity index (χ4n) is 1.79. The molecule has 0 aliphatic rings. The smallest absolute Gasteiger partial charge is 0.151 e. The van der Waals surface area contributed by atoms with Crippen LogP contribution < -0.4 is 11.1 Å². The van der Waals surface area contributed by atoms with Crippen molar-refractivity contribution < 1.29 is 0 Å². The topological polar surface area (TPSA) is 50.9 Å². The Balaban J connectivity index is 2.21. The van der Waals surface area contributed by atoms with E-state index in [0.29, 0.717) is 16.7 Å². The molecule has 0 fully saturated rings. The molecular weight excluding hydrogens is 266 g/mol. The Labute approximate surface area is 116 Å². The first-order valence-corrected chi connectivity index (χ1v) is 7.18. The lowest BCUT2D eigenvalue weighted by atomic mass is 10.1. The third kappa shape index (κ3) is 3.15. The summed E-state index contributed by atoms with van der Waals surface area (Å²) in [4.78, 5) is 5.53. The molecule has 1 unspecified atom stereocenters. The third-order valence-electron chi connectivity index (χ3n) is 2.67. The van der Waals surface area contributed by atoms with Crippen molar-refractivity contribution in [3.8, 4) is 0 Å². The minimum Gasteiger partial charge on any atom is -0.396 e. The molecule has 0 saturated heterocycles. The van der Waals surface area contributed by atoms with Gasteiger partial charge in [0.25, 0.3) is 0 Å². The monoisotopic (exact) mass is 281 g/mol. The number of nitrogens with two attached hydrogens (primary N) is 1. The van der Waals surface area contributed by atoms with Gasteiger partial charge in [0.05, 0.1) is 11.7 Å². The second-order valence-corrected chi connectivity index (χ2v) is 5.44. The van der Waals surface area contributed by atoms with Crippen LogP contribution in [-0.4, -0.2) is 4.98 Å². The summed E-state index contributed by atoms with van der Waals surface area (Å²) in [5.74, 6) is 0.661. The van der Waals surface area contributed by atoms with Crippen LogP contribution in [0.25, 0.3) is 0 Å². The Kier molecular flexibility index (Phi) is 4.44. The molecule has 5 heteroatoms. The van der Waals surface area contributed by atoms with Crippen LogP contribution in [0.4, 0.5) is 11.5 Å². The summed E-state index contributed by atoms with van der Waals surface area (Å²) in [6.45, 7) is 2.16. The highest BCUT2D eigenvalue weighted by Crippen LogP contribution is 2.29. The Morgan fingerprint density at radius 2 is 2.28 bits per heavy atom. The molecule has 0 amide bonds. The van der Waals surface area contributed by atoms with Crippen LogP contribution in [0.3, 0.4) is 0 Å². The number of hydrogen-bond acceptors (Lipinski definition) is 4. The van der Waals surface area contributed by atoms with E-state index in [2.05, 4.69) is 34.7 Å². The maximum Gasteiger partial charge on any atom is 0.151 e. The molecule has 2 heterocycles. The van der Waals surface area contributed by atoms with Crippen LogP contribution in [0, 0.1) is 0 Å². The van der Waals surface area contributed by atoms with Crippen LogP contribution in [0.15, 0.2) is 29.6 Å². The summed E-state index contributed by atoms with van der Waals surface area (Å²) in [6.07, 6.45) is 2.13. The third-order valence-corrected chi connectivity index (χ3v) is 3.86. The van der Waals surface area contributed by atoms with Crippen molar-refractivity contribution in [1.29, 1.82) is 0 Å². The minimum atomic E-state index is 0.239. The molecule has 2 aromatic heterocycles. The fourth-order valence-corrected chi connectivity index (χ4v) is 2.75. The maximum atomic E-state index is 5.91. The summed E-state index contributed by atoms with van der Waals surface area (Å²) in [6, 6.07) is 7.89. The first-order chi connectivity index (χ1) is 8.70. The van der Waals surface area contributed by atoms with Gasteiger partial charge in [-0.05, 0) is 30.0 Å². The second kappa shape index (κ2) is 6.07. The lowest BCUT2D eigenvalue weighted by Crippen LogP contribution is -2.12. The number of thiophene rings is 1. The molecule has 0 aromatic carbocycles. The highest BCUT2D eigenvalue weighted by Gasteiger charge is 2.13. The summed E-state index contributed by atoms with van der Waals surface area (Å²) in [7, 11) is 0. The molecule has 0 aliphatic carbocycles. The number of nitrogens with one attached hydrogen (secondary N) is 1. The van der Waals surface area contributed by atoms with E-state index in [9.17, 15) is 0 Å². The average Bonchev–Trinajstić information content (AvgIpc) is 2.87. The van der Waals surface area contributed by atoms with Gasteiger partial charge in [0.2, 0.25) is 0 Å². The van der Waals surface area contributed by atoms with E-state index < -0.39 is 0 Å². The Hall–Kier alpha value is -1.26. The quantitative estimate of drug-likeness (QED) is 0.802. The molecule has 1 atom stereocenters. The summed E-state index contributed by atoms with van der Waals surface area (Å²) in [5.41, 5.74) is 6.53. The molecule has 0 radical (unpaired) electrons. The van der Waals surface area contributed by atoms with Crippen LogP contribution in [-0.2, 0) is 0 Å². The molecule has 3 nitrogen and oxygen atoms in total. The number of rotatable bonds is 5. The van der Waals surface area contributed by atoms with E-state index in [1.54, 1.807) is 23.5 Å². The van der Waals surface area contributed by atoms with Gasteiger partial charge < -0.3 is 11.1 Å². The summed E-state index contributed by atoms with van der Waals surface area (Å²) in [5, 5.41) is 5.91. The van der Waals surface area contributed by atoms with Crippen molar-refractivity contribution in [2.24, 2.45) is 0 Å². The van der Waals surface area contributed by atoms with E-state index in [1.165, 1.54) is 4.88 Å². The predicted octanol–water partition coefficient (Wildman–Crippen LogP) is 4.33. The number of aromatic nitrogens is 1. The number of halogens is 1. The van der Waals surface area contributed by atoms with Gasteiger partial charge in [-0.1, -0.05) is 31.0 Å². The van der Waals surface area contributed by atoms with E-state index in [-0.39, 0.29) is 6.04 Å². The van der Waals surface area contributed by atoms with E-state index in [4.69, 9.17) is 17.3 Å². The lowest BCUT2D eigenvalue weighted by molar-refractivity contribution is 0.685. The normalized spacial score (nSPS) is 12.3. The van der Waals surface area contributed by atoms with Gasteiger partial charge in [-0.15, -0.1) is 11.3 Å². The molecule has 3 N–H and O–H groups in total. The zero-order chi connectivity index (χ0) is 13.0. The van der Waals surface area contributed by atoms with Crippen molar-refractivity contribution in [2.45, 2.75) is 25.8 Å². The molecule has 18 heavy (non-hydrogen) atoms. The molecule has 0 saturated carbocycles. The van der Waals surface area contributed by atoms with E-state index in [0.717, 1.165) is 12.8 Å². The number of nitrogen functional groups attached to an aromatic ring is 1. The van der Waals surface area contributed by atoms with E-state index >= 15 is 0 Å². The van der Waals surface area contributed by atoms with Gasteiger partial charge in [0.15, 0.2) is 5.82 Å². The van der Waals surface area contributed by atoms with Crippen LogP contribution in [0.1, 0.15) is 30.7 Å². The van der Waals surface area contributed by atoms with Crippen molar-refractivity contribution in [3.63, 3.8) is 0 Å². The maximum absolute atomic E-state index is 5.91. The average molecular weight is 282 g/mol.